The summed E-state index contributed by atoms with van der Waals surface area (Å²) in [4.78, 5) is 24.6. The van der Waals surface area contributed by atoms with E-state index in [4.69, 9.17) is 14.2 Å². The number of carbonyl (C=O) groups is 2. The first-order valence-electron chi connectivity index (χ1n) is 10.4. The molecule has 3 rings (SSSR count). The Bertz CT molecular complexity index is 980. The van der Waals surface area contributed by atoms with Crippen LogP contribution < -0.4 is 9.47 Å². The summed E-state index contributed by atoms with van der Waals surface area (Å²) in [6.45, 7) is 2.95. The van der Waals surface area contributed by atoms with Crippen LogP contribution in [0.4, 0.5) is 0 Å². The Morgan fingerprint density at radius 2 is 1.52 bits per heavy atom. The molecule has 0 aliphatic heterocycles. The normalized spacial score (nSPS) is 10.4. The molecule has 0 amide bonds. The number of ether oxygens (including phenoxy) is 3. The number of hydrogen-bond donors (Lipinski definition) is 0. The molecule has 0 atom stereocenters. The van der Waals surface area contributed by atoms with E-state index < -0.39 is 11.9 Å². The highest BCUT2D eigenvalue weighted by Gasteiger charge is 2.12. The number of benzene rings is 3. The maximum absolute atomic E-state index is 12.4. The average Bonchev–Trinajstić information content (AvgIpc) is 2.81. The van der Waals surface area contributed by atoms with Gasteiger partial charge in [-0.05, 0) is 67.3 Å². The fourth-order valence-electron chi connectivity index (χ4n) is 2.93. The van der Waals surface area contributed by atoms with E-state index in [2.05, 4.69) is 12.1 Å². The lowest BCUT2D eigenvalue weighted by Crippen LogP contribution is -2.10. The molecule has 3 aromatic carbocycles. The molecule has 0 aromatic heterocycles. The van der Waals surface area contributed by atoms with Gasteiger partial charge in [-0.2, -0.15) is 0 Å². The molecule has 5 heteroatoms. The van der Waals surface area contributed by atoms with Gasteiger partial charge in [-0.1, -0.05) is 43.3 Å². The maximum Gasteiger partial charge on any atom is 0.343 e. The average molecular weight is 418 g/mol. The van der Waals surface area contributed by atoms with Crippen molar-refractivity contribution in [2.75, 3.05) is 13.2 Å². The Kier molecular flexibility index (Phi) is 8.23. The molecular weight excluding hydrogens is 392 g/mol. The molecular formula is C26H26O5. The van der Waals surface area contributed by atoms with E-state index in [1.54, 1.807) is 48.5 Å². The third-order valence-corrected chi connectivity index (χ3v) is 4.53. The zero-order chi connectivity index (χ0) is 21.9. The molecule has 3 aromatic rings. The Morgan fingerprint density at radius 1 is 0.742 bits per heavy atom. The zero-order valence-electron chi connectivity index (χ0n) is 17.6. The fourth-order valence-corrected chi connectivity index (χ4v) is 2.93. The van der Waals surface area contributed by atoms with E-state index >= 15 is 0 Å². The van der Waals surface area contributed by atoms with E-state index in [1.807, 2.05) is 25.1 Å². The van der Waals surface area contributed by atoms with Gasteiger partial charge < -0.3 is 14.2 Å². The van der Waals surface area contributed by atoms with E-state index in [1.165, 1.54) is 5.56 Å². The van der Waals surface area contributed by atoms with Gasteiger partial charge in [0.2, 0.25) is 0 Å². The van der Waals surface area contributed by atoms with Gasteiger partial charge in [0.05, 0.1) is 24.3 Å². The van der Waals surface area contributed by atoms with Crippen LogP contribution >= 0.6 is 0 Å². The van der Waals surface area contributed by atoms with E-state index in [0.717, 1.165) is 19.3 Å². The predicted molar refractivity (Wildman–Crippen MR) is 119 cm³/mol. The Labute approximate surface area is 182 Å². The summed E-state index contributed by atoms with van der Waals surface area (Å²) in [6.07, 6.45) is 2.50. The monoisotopic (exact) mass is 418 g/mol. The highest BCUT2D eigenvalue weighted by molar-refractivity contribution is 5.92. The molecule has 0 aliphatic rings. The smallest absolute Gasteiger partial charge is 0.343 e. The third-order valence-electron chi connectivity index (χ3n) is 4.53. The summed E-state index contributed by atoms with van der Waals surface area (Å²) in [5.41, 5.74) is 2.03. The first kappa shape index (κ1) is 22.1. The van der Waals surface area contributed by atoms with E-state index in [0.29, 0.717) is 35.8 Å². The Morgan fingerprint density at radius 3 is 2.26 bits per heavy atom. The van der Waals surface area contributed by atoms with Crippen molar-refractivity contribution < 1.29 is 23.8 Å². The van der Waals surface area contributed by atoms with Gasteiger partial charge in [0.15, 0.2) is 0 Å². The van der Waals surface area contributed by atoms with Gasteiger partial charge >= 0.3 is 11.9 Å². The molecule has 0 bridgehead atoms. The van der Waals surface area contributed by atoms with Crippen molar-refractivity contribution in [2.24, 2.45) is 0 Å². The molecule has 0 unspecified atom stereocenters. The predicted octanol–water partition coefficient (Wildman–Crippen LogP) is 5.48. The van der Waals surface area contributed by atoms with Crippen LogP contribution in [0.25, 0.3) is 0 Å². The van der Waals surface area contributed by atoms with Crippen molar-refractivity contribution >= 4 is 11.9 Å². The number of rotatable bonds is 10. The quantitative estimate of drug-likeness (QED) is 0.248. The minimum absolute atomic E-state index is 0.348. The van der Waals surface area contributed by atoms with Gasteiger partial charge in [-0.25, -0.2) is 9.59 Å². The van der Waals surface area contributed by atoms with Crippen molar-refractivity contribution in [1.29, 1.82) is 0 Å². The van der Waals surface area contributed by atoms with Crippen LogP contribution in [0.5, 0.6) is 11.5 Å². The van der Waals surface area contributed by atoms with Crippen molar-refractivity contribution in [3.05, 3.63) is 95.6 Å². The second kappa shape index (κ2) is 11.6. The molecule has 0 heterocycles. The van der Waals surface area contributed by atoms with Crippen LogP contribution in [0.15, 0.2) is 78.9 Å². The largest absolute Gasteiger partial charge is 0.494 e. The summed E-state index contributed by atoms with van der Waals surface area (Å²) in [5.74, 6) is 0.0945. The first-order valence-corrected chi connectivity index (χ1v) is 10.4. The van der Waals surface area contributed by atoms with Gasteiger partial charge in [0.1, 0.15) is 11.5 Å². The van der Waals surface area contributed by atoms with Crippen LogP contribution in [-0.2, 0) is 11.2 Å². The summed E-state index contributed by atoms with van der Waals surface area (Å²) in [5, 5.41) is 0. The van der Waals surface area contributed by atoms with Gasteiger partial charge in [-0.15, -0.1) is 0 Å². The van der Waals surface area contributed by atoms with Crippen molar-refractivity contribution in [1.82, 2.24) is 0 Å². The second-order valence-corrected chi connectivity index (χ2v) is 7.02. The van der Waals surface area contributed by atoms with Crippen molar-refractivity contribution in [3.63, 3.8) is 0 Å². The SMILES string of the molecule is CCCOc1cccc(C(=O)Oc2ccc(C(=O)OCCCc3ccccc3)cc2)c1. The van der Waals surface area contributed by atoms with Crippen LogP contribution in [0.1, 0.15) is 46.0 Å². The minimum Gasteiger partial charge on any atom is -0.494 e. The summed E-state index contributed by atoms with van der Waals surface area (Å²) >= 11 is 0. The molecule has 0 spiro atoms. The van der Waals surface area contributed by atoms with Crippen molar-refractivity contribution in [2.45, 2.75) is 26.2 Å². The summed E-state index contributed by atoms with van der Waals surface area (Å²) < 4.78 is 16.3. The molecule has 0 fully saturated rings. The first-order chi connectivity index (χ1) is 15.2. The molecule has 0 saturated heterocycles. The molecule has 160 valence electrons. The van der Waals surface area contributed by atoms with Gasteiger partial charge in [-0.3, -0.25) is 0 Å². The van der Waals surface area contributed by atoms with E-state index in [-0.39, 0.29) is 0 Å². The highest BCUT2D eigenvalue weighted by Crippen LogP contribution is 2.18. The number of carbonyl (C=O) groups excluding carboxylic acids is 2. The number of hydrogen-bond acceptors (Lipinski definition) is 5. The minimum atomic E-state index is -0.488. The van der Waals surface area contributed by atoms with Gasteiger partial charge in [0.25, 0.3) is 0 Å². The molecule has 0 saturated carbocycles. The Hall–Kier alpha value is -3.60. The second-order valence-electron chi connectivity index (χ2n) is 7.02. The van der Waals surface area contributed by atoms with Crippen molar-refractivity contribution in [3.8, 4) is 11.5 Å². The Balaban J connectivity index is 1.48. The molecule has 0 radical (unpaired) electrons. The van der Waals surface area contributed by atoms with Gasteiger partial charge in [0, 0.05) is 0 Å². The van der Waals surface area contributed by atoms with Crippen LogP contribution in [0, 0.1) is 0 Å². The van der Waals surface area contributed by atoms with Crippen LogP contribution in [0.3, 0.4) is 0 Å². The van der Waals surface area contributed by atoms with E-state index in [9.17, 15) is 9.59 Å². The lowest BCUT2D eigenvalue weighted by atomic mass is 10.1. The number of esters is 2. The van der Waals surface area contributed by atoms with Crippen LogP contribution in [-0.4, -0.2) is 25.2 Å². The lowest BCUT2D eigenvalue weighted by molar-refractivity contribution is 0.0500. The third kappa shape index (κ3) is 7.00. The number of aryl methyl sites for hydroxylation is 1. The molecule has 31 heavy (non-hydrogen) atoms. The standard InChI is InChI=1S/C26H26O5/c1-2-17-29-24-12-6-11-22(19-24)26(28)31-23-15-13-21(14-16-23)25(27)30-18-7-10-20-8-4-3-5-9-20/h3-6,8-9,11-16,19H,2,7,10,17-18H2,1H3. The topological polar surface area (TPSA) is 61.8 Å². The highest BCUT2D eigenvalue weighted by atomic mass is 16.5. The lowest BCUT2D eigenvalue weighted by Gasteiger charge is -2.08. The summed E-state index contributed by atoms with van der Waals surface area (Å²) in [6, 6.07) is 23.3. The molecule has 0 aliphatic carbocycles. The molecule has 5 nitrogen and oxygen atoms in total. The summed E-state index contributed by atoms with van der Waals surface area (Å²) in [7, 11) is 0. The maximum atomic E-state index is 12.4. The van der Waals surface area contributed by atoms with Crippen LogP contribution in [0.2, 0.25) is 0 Å². The zero-order valence-corrected chi connectivity index (χ0v) is 17.6. The fraction of sp³-hybridized carbons (Fsp3) is 0.231. The molecule has 0 N–H and O–H groups in total.